The number of rotatable bonds is 5. The summed E-state index contributed by atoms with van der Waals surface area (Å²) in [6, 6.07) is 6.25. The molecule has 1 aromatic heterocycles. The van der Waals surface area contributed by atoms with Gasteiger partial charge in [-0.25, -0.2) is 9.36 Å². The minimum absolute atomic E-state index is 0.136. The van der Waals surface area contributed by atoms with Crippen molar-refractivity contribution in [1.29, 1.82) is 0 Å². The van der Waals surface area contributed by atoms with Gasteiger partial charge in [0.05, 0.1) is 12.7 Å². The van der Waals surface area contributed by atoms with Gasteiger partial charge in [0.2, 0.25) is 6.23 Å². The van der Waals surface area contributed by atoms with E-state index in [1.54, 1.807) is 32.0 Å². The topological polar surface area (TPSA) is 127 Å². The maximum atomic E-state index is 15.3. The molecule has 2 saturated heterocycles. The van der Waals surface area contributed by atoms with Gasteiger partial charge in [-0.15, -0.1) is 0 Å². The van der Waals surface area contributed by atoms with Crippen molar-refractivity contribution in [2.75, 3.05) is 11.9 Å². The third-order valence-corrected chi connectivity index (χ3v) is 8.00. The summed E-state index contributed by atoms with van der Waals surface area (Å²) < 4.78 is 70.1. The molecular weight excluding hydrogens is 527 g/mol. The molecule has 38 heavy (non-hydrogen) atoms. The van der Waals surface area contributed by atoms with E-state index in [0.29, 0.717) is 10.3 Å². The van der Waals surface area contributed by atoms with Gasteiger partial charge in [0.15, 0.2) is 6.10 Å². The Labute approximate surface area is 217 Å². The molecular formula is C24H28F2N3O8P. The third kappa shape index (κ3) is 5.13. The van der Waals surface area contributed by atoms with Crippen LogP contribution in [-0.4, -0.2) is 51.9 Å². The first-order valence-electron chi connectivity index (χ1n) is 12.1. The van der Waals surface area contributed by atoms with Crippen LogP contribution in [0.4, 0.5) is 14.6 Å². The number of nitrogens with one attached hydrogen (secondary N) is 1. The molecule has 5 rings (SSSR count). The number of aromatic nitrogens is 2. The zero-order chi connectivity index (χ0) is 27.5. The second kappa shape index (κ2) is 9.49. The van der Waals surface area contributed by atoms with Gasteiger partial charge in [0, 0.05) is 11.8 Å². The van der Waals surface area contributed by atoms with Gasteiger partial charge < -0.3 is 14.8 Å². The van der Waals surface area contributed by atoms with Gasteiger partial charge >= 0.3 is 19.4 Å². The van der Waals surface area contributed by atoms with E-state index in [2.05, 4.69) is 10.3 Å². The molecule has 1 N–H and O–H groups in total. The lowest BCUT2D eigenvalue weighted by Crippen LogP contribution is -2.45. The fraction of sp³-hybridized carbons (Fsp3) is 0.542. The zero-order valence-electron chi connectivity index (χ0n) is 21.2. The van der Waals surface area contributed by atoms with Crippen LogP contribution in [0.3, 0.4) is 0 Å². The molecule has 0 radical (unpaired) electrons. The van der Waals surface area contributed by atoms with Crippen LogP contribution in [0.25, 0.3) is 0 Å². The Morgan fingerprint density at radius 1 is 1.29 bits per heavy atom. The SMILES string of the molecule is CC(C)OP1(=O)OC[C@H]2OC(n3ccc(NC(=O)c4ccc5c(c4)OC(C)(C)CC5)nc3=O)C(F)(F)[C@@H]2O1. The van der Waals surface area contributed by atoms with Crippen LogP contribution in [0, 0.1) is 0 Å². The van der Waals surface area contributed by atoms with Gasteiger partial charge in [-0.1, -0.05) is 6.07 Å². The molecule has 1 aromatic carbocycles. The Balaban J connectivity index is 1.32. The maximum Gasteiger partial charge on any atom is 0.475 e. The summed E-state index contributed by atoms with van der Waals surface area (Å²) in [5.74, 6) is -3.85. The summed E-state index contributed by atoms with van der Waals surface area (Å²) in [6.45, 7) is 6.56. The van der Waals surface area contributed by atoms with E-state index in [0.717, 1.165) is 24.6 Å². The highest BCUT2D eigenvalue weighted by Gasteiger charge is 2.65. The number of phosphoric ester groups is 1. The van der Waals surface area contributed by atoms with Gasteiger partial charge in [0.25, 0.3) is 5.91 Å². The van der Waals surface area contributed by atoms with E-state index in [4.69, 9.17) is 23.0 Å². The zero-order valence-corrected chi connectivity index (χ0v) is 22.1. The van der Waals surface area contributed by atoms with Crippen LogP contribution in [0.2, 0.25) is 0 Å². The monoisotopic (exact) mass is 555 g/mol. The summed E-state index contributed by atoms with van der Waals surface area (Å²) in [5.41, 5.74) is -0.177. The highest BCUT2D eigenvalue weighted by molar-refractivity contribution is 7.48. The van der Waals surface area contributed by atoms with Crippen molar-refractivity contribution in [3.05, 3.63) is 52.1 Å². The normalized spacial score (nSPS) is 29.3. The second-order valence-electron chi connectivity index (χ2n) is 10.3. The summed E-state index contributed by atoms with van der Waals surface area (Å²) in [4.78, 5) is 29.2. The lowest BCUT2D eigenvalue weighted by Gasteiger charge is -2.32. The number of aryl methyl sites for hydroxylation is 1. The minimum Gasteiger partial charge on any atom is -0.488 e. The minimum atomic E-state index is -4.24. The number of halogens is 2. The average Bonchev–Trinajstić information content (AvgIpc) is 3.07. The summed E-state index contributed by atoms with van der Waals surface area (Å²) in [6.07, 6.45) is -3.26. The Kier molecular flexibility index (Phi) is 6.72. The number of alkyl halides is 2. The van der Waals surface area contributed by atoms with E-state index < -0.39 is 56.5 Å². The molecule has 0 aliphatic carbocycles. The third-order valence-electron chi connectivity index (χ3n) is 6.37. The molecule has 3 aliphatic rings. The van der Waals surface area contributed by atoms with Gasteiger partial charge in [0.1, 0.15) is 23.3 Å². The largest absolute Gasteiger partial charge is 0.488 e. The predicted molar refractivity (Wildman–Crippen MR) is 129 cm³/mol. The summed E-state index contributed by atoms with van der Waals surface area (Å²) >= 11 is 0. The highest BCUT2D eigenvalue weighted by Crippen LogP contribution is 2.60. The van der Waals surface area contributed by atoms with E-state index in [1.807, 2.05) is 13.8 Å². The summed E-state index contributed by atoms with van der Waals surface area (Å²) in [5, 5.41) is 2.50. The number of carbonyl (C=O) groups excluding carboxylic acids is 1. The molecule has 0 spiro atoms. The number of amides is 1. The molecule has 0 saturated carbocycles. The number of ether oxygens (including phenoxy) is 2. The van der Waals surface area contributed by atoms with Crippen molar-refractivity contribution in [1.82, 2.24) is 9.55 Å². The standard InChI is InChI=1S/C24H28F2N3O8P/c1-13(2)36-38(32)33-12-17-19(37-38)24(25,26)21(34-17)29-10-8-18(28-22(29)31)27-20(30)15-6-5-14-7-9-23(3,4)35-16(14)11-15/h5-6,8,10-11,13,17,19,21H,7,9,12H2,1-4H3,(H,27,28,30,31)/t17-,19-,21?,38?/m1/s1. The quantitative estimate of drug-likeness (QED) is 0.543. The first-order valence-corrected chi connectivity index (χ1v) is 13.6. The number of nitrogens with zero attached hydrogens (tertiary/aromatic N) is 2. The molecule has 3 aliphatic heterocycles. The fourth-order valence-corrected chi connectivity index (χ4v) is 6.08. The van der Waals surface area contributed by atoms with Gasteiger partial charge in [-0.3, -0.25) is 22.9 Å². The molecule has 4 heterocycles. The molecule has 206 valence electrons. The Bertz CT molecular complexity index is 1360. The average molecular weight is 555 g/mol. The van der Waals surface area contributed by atoms with Crippen molar-refractivity contribution in [2.24, 2.45) is 0 Å². The van der Waals surface area contributed by atoms with E-state index in [1.165, 1.54) is 6.07 Å². The lowest BCUT2D eigenvalue weighted by molar-refractivity contribution is -0.139. The van der Waals surface area contributed by atoms with Crippen LogP contribution in [0.5, 0.6) is 5.75 Å². The molecule has 2 fully saturated rings. The fourth-order valence-electron chi connectivity index (χ4n) is 4.51. The van der Waals surface area contributed by atoms with Gasteiger partial charge in [-0.2, -0.15) is 13.8 Å². The molecule has 4 atom stereocenters. The van der Waals surface area contributed by atoms with Crippen molar-refractivity contribution in [2.45, 2.75) is 76.6 Å². The Morgan fingerprint density at radius 2 is 2.05 bits per heavy atom. The number of hydrogen-bond donors (Lipinski definition) is 1. The molecule has 11 nitrogen and oxygen atoms in total. The van der Waals surface area contributed by atoms with Crippen molar-refractivity contribution in [3.8, 4) is 5.75 Å². The Hall–Kier alpha value is -2.70. The summed E-state index contributed by atoms with van der Waals surface area (Å²) in [7, 11) is -4.24. The number of carbonyl (C=O) groups is 1. The maximum absolute atomic E-state index is 15.3. The van der Waals surface area contributed by atoms with E-state index >= 15 is 8.78 Å². The lowest BCUT2D eigenvalue weighted by atomic mass is 9.93. The molecule has 1 amide bonds. The number of anilines is 1. The van der Waals surface area contributed by atoms with E-state index in [9.17, 15) is 14.2 Å². The van der Waals surface area contributed by atoms with E-state index in [-0.39, 0.29) is 17.0 Å². The number of hydrogen-bond acceptors (Lipinski definition) is 9. The van der Waals surface area contributed by atoms with Crippen LogP contribution in [-0.2, 0) is 29.3 Å². The van der Waals surface area contributed by atoms with Crippen LogP contribution in [0.15, 0.2) is 35.3 Å². The van der Waals surface area contributed by atoms with Crippen molar-refractivity contribution in [3.63, 3.8) is 0 Å². The molecule has 2 aromatic rings. The first kappa shape index (κ1) is 26.9. The predicted octanol–water partition coefficient (Wildman–Crippen LogP) is 4.08. The molecule has 2 unspecified atom stereocenters. The van der Waals surface area contributed by atoms with Crippen molar-refractivity contribution >= 4 is 19.5 Å². The van der Waals surface area contributed by atoms with Gasteiger partial charge in [-0.05, 0) is 64.3 Å². The van der Waals surface area contributed by atoms with Crippen LogP contribution in [0.1, 0.15) is 56.3 Å². The molecule has 0 bridgehead atoms. The number of phosphoric acid groups is 1. The number of fused-ring (bicyclic) bond motifs is 2. The van der Waals surface area contributed by atoms with Crippen molar-refractivity contribution < 1.29 is 41.2 Å². The molecule has 14 heteroatoms. The Morgan fingerprint density at radius 3 is 2.76 bits per heavy atom. The van der Waals surface area contributed by atoms with Crippen LogP contribution >= 0.6 is 7.82 Å². The first-order chi connectivity index (χ1) is 17.8. The number of benzene rings is 1. The smallest absolute Gasteiger partial charge is 0.475 e. The van der Waals surface area contributed by atoms with Crippen LogP contribution < -0.4 is 15.7 Å². The second-order valence-corrected chi connectivity index (χ2v) is 11.8. The highest BCUT2D eigenvalue weighted by atomic mass is 31.2.